The highest BCUT2D eigenvalue weighted by molar-refractivity contribution is 5.62. The summed E-state index contributed by atoms with van der Waals surface area (Å²) in [5.74, 6) is -1.41. The average molecular weight is 341 g/mol. The molecule has 3 aromatic rings. The SMILES string of the molecule is Fc1ccc(CN2C=Cc3nc(-c4c(F)cccc4F)[nH]c3C2)cc1. The van der Waals surface area contributed by atoms with Crippen LogP contribution in [0.1, 0.15) is 17.0 Å². The van der Waals surface area contributed by atoms with Crippen LogP contribution < -0.4 is 0 Å². The Morgan fingerprint density at radius 2 is 1.72 bits per heavy atom. The van der Waals surface area contributed by atoms with E-state index in [2.05, 4.69) is 9.97 Å². The van der Waals surface area contributed by atoms with E-state index in [1.807, 2.05) is 11.1 Å². The number of hydrogen-bond donors (Lipinski definition) is 1. The third kappa shape index (κ3) is 3.03. The van der Waals surface area contributed by atoms with Crippen molar-refractivity contribution in [3.05, 3.63) is 83.1 Å². The second-order valence-corrected chi connectivity index (χ2v) is 5.89. The fourth-order valence-corrected chi connectivity index (χ4v) is 2.89. The third-order valence-electron chi connectivity index (χ3n) is 4.11. The molecule has 0 spiro atoms. The Balaban J connectivity index is 1.58. The molecule has 0 radical (unpaired) electrons. The maximum Gasteiger partial charge on any atom is 0.144 e. The second-order valence-electron chi connectivity index (χ2n) is 5.89. The van der Waals surface area contributed by atoms with Gasteiger partial charge in [0.05, 0.1) is 23.5 Å². The zero-order chi connectivity index (χ0) is 17.4. The highest BCUT2D eigenvalue weighted by atomic mass is 19.1. The van der Waals surface area contributed by atoms with Crippen molar-refractivity contribution in [3.63, 3.8) is 0 Å². The summed E-state index contributed by atoms with van der Waals surface area (Å²) in [6.07, 6.45) is 3.66. The van der Waals surface area contributed by atoms with Gasteiger partial charge in [0.1, 0.15) is 23.3 Å². The van der Waals surface area contributed by atoms with Crippen LogP contribution in [0.15, 0.2) is 48.7 Å². The number of halogens is 3. The number of imidazole rings is 1. The first kappa shape index (κ1) is 15.5. The predicted molar refractivity (Wildman–Crippen MR) is 88.6 cm³/mol. The van der Waals surface area contributed by atoms with Crippen molar-refractivity contribution in [2.45, 2.75) is 13.1 Å². The molecule has 4 rings (SSSR count). The minimum atomic E-state index is -0.654. The summed E-state index contributed by atoms with van der Waals surface area (Å²) in [5.41, 5.74) is 2.25. The molecule has 2 heterocycles. The molecule has 1 N–H and O–H groups in total. The van der Waals surface area contributed by atoms with Crippen LogP contribution in [-0.4, -0.2) is 14.9 Å². The number of hydrogen-bond acceptors (Lipinski definition) is 2. The van der Waals surface area contributed by atoms with Crippen molar-refractivity contribution in [1.29, 1.82) is 0 Å². The molecular weight excluding hydrogens is 327 g/mol. The standard InChI is InChI=1S/C19H14F3N3/c20-13-6-4-12(5-7-13)10-25-9-8-16-17(11-25)24-19(23-16)18-14(21)2-1-3-15(18)22/h1-9H,10-11H2,(H,23,24). The highest BCUT2D eigenvalue weighted by Gasteiger charge is 2.20. The van der Waals surface area contributed by atoms with E-state index in [4.69, 9.17) is 0 Å². The molecule has 25 heavy (non-hydrogen) atoms. The largest absolute Gasteiger partial charge is 0.367 e. The molecular formula is C19H14F3N3. The van der Waals surface area contributed by atoms with Gasteiger partial charge in [-0.2, -0.15) is 0 Å². The third-order valence-corrected chi connectivity index (χ3v) is 4.11. The number of fused-ring (bicyclic) bond motifs is 1. The fraction of sp³-hybridized carbons (Fsp3) is 0.105. The van der Waals surface area contributed by atoms with E-state index in [1.165, 1.54) is 30.3 Å². The lowest BCUT2D eigenvalue weighted by Crippen LogP contribution is -2.19. The maximum atomic E-state index is 13.9. The highest BCUT2D eigenvalue weighted by Crippen LogP contribution is 2.27. The summed E-state index contributed by atoms with van der Waals surface area (Å²) in [5, 5.41) is 0. The molecule has 0 saturated carbocycles. The topological polar surface area (TPSA) is 31.9 Å². The van der Waals surface area contributed by atoms with E-state index in [9.17, 15) is 13.2 Å². The fourth-order valence-electron chi connectivity index (χ4n) is 2.89. The van der Waals surface area contributed by atoms with Crippen molar-refractivity contribution >= 4 is 6.08 Å². The van der Waals surface area contributed by atoms with Gasteiger partial charge in [-0.05, 0) is 35.9 Å². The minimum Gasteiger partial charge on any atom is -0.367 e. The van der Waals surface area contributed by atoms with Crippen molar-refractivity contribution < 1.29 is 13.2 Å². The Morgan fingerprint density at radius 3 is 2.44 bits per heavy atom. The molecule has 126 valence electrons. The first-order valence-electron chi connectivity index (χ1n) is 7.80. The molecule has 6 heteroatoms. The first-order valence-corrected chi connectivity index (χ1v) is 7.80. The molecule has 0 atom stereocenters. The van der Waals surface area contributed by atoms with Crippen molar-refractivity contribution in [1.82, 2.24) is 14.9 Å². The zero-order valence-electron chi connectivity index (χ0n) is 13.1. The smallest absolute Gasteiger partial charge is 0.144 e. The van der Waals surface area contributed by atoms with Crippen molar-refractivity contribution in [3.8, 4) is 11.4 Å². The lowest BCUT2D eigenvalue weighted by Gasteiger charge is -2.23. The molecule has 0 bridgehead atoms. The van der Waals surface area contributed by atoms with E-state index in [0.717, 1.165) is 11.3 Å². The normalized spacial score (nSPS) is 13.2. The molecule has 0 saturated heterocycles. The van der Waals surface area contributed by atoms with Crippen molar-refractivity contribution in [2.75, 3.05) is 0 Å². The van der Waals surface area contributed by atoms with Crippen LogP contribution in [0, 0.1) is 17.5 Å². The lowest BCUT2D eigenvalue weighted by atomic mass is 10.2. The molecule has 0 unspecified atom stereocenters. The first-order chi connectivity index (χ1) is 12.1. The van der Waals surface area contributed by atoms with Crippen LogP contribution in [0.5, 0.6) is 0 Å². The van der Waals surface area contributed by atoms with Gasteiger partial charge in [-0.15, -0.1) is 0 Å². The van der Waals surface area contributed by atoms with Gasteiger partial charge in [0.25, 0.3) is 0 Å². The van der Waals surface area contributed by atoms with E-state index in [0.29, 0.717) is 18.8 Å². The van der Waals surface area contributed by atoms with Gasteiger partial charge in [-0.25, -0.2) is 18.2 Å². The van der Waals surface area contributed by atoms with E-state index in [-0.39, 0.29) is 17.2 Å². The van der Waals surface area contributed by atoms with Crippen LogP contribution >= 0.6 is 0 Å². The molecule has 0 aliphatic carbocycles. The Hall–Kier alpha value is -3.02. The van der Waals surface area contributed by atoms with Gasteiger partial charge in [0, 0.05) is 12.7 Å². The van der Waals surface area contributed by atoms with Crippen LogP contribution in [-0.2, 0) is 13.1 Å². The number of nitrogens with one attached hydrogen (secondary N) is 1. The summed E-state index contributed by atoms with van der Waals surface area (Å²) >= 11 is 0. The molecule has 1 aromatic heterocycles. The monoisotopic (exact) mass is 341 g/mol. The number of H-pyrrole nitrogens is 1. The maximum absolute atomic E-state index is 13.9. The van der Waals surface area contributed by atoms with Crippen molar-refractivity contribution in [2.24, 2.45) is 0 Å². The van der Waals surface area contributed by atoms with Crippen LogP contribution in [0.2, 0.25) is 0 Å². The predicted octanol–water partition coefficient (Wildman–Crippen LogP) is 4.48. The lowest BCUT2D eigenvalue weighted by molar-refractivity contribution is 0.355. The summed E-state index contributed by atoms with van der Waals surface area (Å²) in [6.45, 7) is 1.12. The van der Waals surface area contributed by atoms with Crippen LogP contribution in [0.3, 0.4) is 0 Å². The quantitative estimate of drug-likeness (QED) is 0.762. The number of aromatic nitrogens is 2. The number of rotatable bonds is 3. The van der Waals surface area contributed by atoms with Gasteiger partial charge >= 0.3 is 0 Å². The van der Waals surface area contributed by atoms with Crippen LogP contribution in [0.4, 0.5) is 13.2 Å². The molecule has 1 aliphatic heterocycles. The summed E-state index contributed by atoms with van der Waals surface area (Å²) in [6, 6.07) is 10.0. The molecule has 0 amide bonds. The number of aromatic amines is 1. The Labute approximate surface area is 142 Å². The summed E-state index contributed by atoms with van der Waals surface area (Å²) in [7, 11) is 0. The zero-order valence-corrected chi connectivity index (χ0v) is 13.1. The van der Waals surface area contributed by atoms with Gasteiger partial charge in [0.2, 0.25) is 0 Å². The molecule has 1 aliphatic rings. The molecule has 3 nitrogen and oxygen atoms in total. The van der Waals surface area contributed by atoms with E-state index < -0.39 is 11.6 Å². The summed E-state index contributed by atoms with van der Waals surface area (Å²) < 4.78 is 40.9. The average Bonchev–Trinajstić information content (AvgIpc) is 2.99. The Morgan fingerprint density at radius 1 is 1.00 bits per heavy atom. The van der Waals surface area contributed by atoms with E-state index in [1.54, 1.807) is 18.2 Å². The van der Waals surface area contributed by atoms with Gasteiger partial charge in [-0.1, -0.05) is 18.2 Å². The van der Waals surface area contributed by atoms with Crippen LogP contribution in [0.25, 0.3) is 17.5 Å². The van der Waals surface area contributed by atoms with E-state index >= 15 is 0 Å². The number of benzene rings is 2. The molecule has 0 fully saturated rings. The Kier molecular flexibility index (Phi) is 3.80. The Bertz CT molecular complexity index is 925. The minimum absolute atomic E-state index is 0.157. The molecule has 2 aromatic carbocycles. The number of nitrogens with zero attached hydrogens (tertiary/aromatic N) is 2. The summed E-state index contributed by atoms with van der Waals surface area (Å²) in [4.78, 5) is 9.32. The van der Waals surface area contributed by atoms with Gasteiger partial charge < -0.3 is 9.88 Å². The second kappa shape index (κ2) is 6.12. The van der Waals surface area contributed by atoms with Gasteiger partial charge in [0.15, 0.2) is 0 Å². The van der Waals surface area contributed by atoms with Gasteiger partial charge in [-0.3, -0.25) is 0 Å².